The summed E-state index contributed by atoms with van der Waals surface area (Å²) >= 11 is 0. The number of rotatable bonds is 3. The summed E-state index contributed by atoms with van der Waals surface area (Å²) in [5, 5.41) is 3.04. The molecule has 0 radical (unpaired) electrons. The molecule has 1 aromatic rings. The molecule has 2 atom stereocenters. The number of ether oxygens (including phenoxy) is 1. The van der Waals surface area contributed by atoms with Crippen molar-refractivity contribution in [1.29, 1.82) is 0 Å². The van der Waals surface area contributed by atoms with E-state index in [9.17, 15) is 18.0 Å². The molecule has 3 N–H and O–H groups in total. The van der Waals surface area contributed by atoms with E-state index in [1.807, 2.05) is 0 Å². The van der Waals surface area contributed by atoms with Gasteiger partial charge >= 0.3 is 6.36 Å². The lowest BCUT2D eigenvalue weighted by Crippen LogP contribution is -2.41. The molecule has 0 bridgehead atoms. The molecule has 2 unspecified atom stereocenters. The Labute approximate surface area is 114 Å². The van der Waals surface area contributed by atoms with Crippen LogP contribution in [0.1, 0.15) is 24.4 Å². The lowest BCUT2D eigenvalue weighted by atomic mass is 9.85. The van der Waals surface area contributed by atoms with Crippen molar-refractivity contribution >= 4 is 5.91 Å². The Morgan fingerprint density at radius 3 is 2.70 bits per heavy atom. The SMILES string of the molecule is NC(=O)C1CCCNC1c1ccccc1OC(F)(F)F. The van der Waals surface area contributed by atoms with Crippen molar-refractivity contribution < 1.29 is 22.7 Å². The van der Waals surface area contributed by atoms with Crippen molar-refractivity contribution in [3.05, 3.63) is 29.8 Å². The fourth-order valence-electron chi connectivity index (χ4n) is 2.48. The number of hydrogen-bond acceptors (Lipinski definition) is 3. The molecule has 1 heterocycles. The predicted molar refractivity (Wildman–Crippen MR) is 65.8 cm³/mol. The van der Waals surface area contributed by atoms with Crippen LogP contribution in [0.4, 0.5) is 13.2 Å². The second-order valence-electron chi connectivity index (χ2n) is 4.67. The minimum atomic E-state index is -4.77. The lowest BCUT2D eigenvalue weighted by molar-refractivity contribution is -0.275. The third-order valence-electron chi connectivity index (χ3n) is 3.30. The Hall–Kier alpha value is -1.76. The first-order valence-electron chi connectivity index (χ1n) is 6.26. The molecule has 0 saturated carbocycles. The van der Waals surface area contributed by atoms with E-state index in [1.165, 1.54) is 18.2 Å². The van der Waals surface area contributed by atoms with Gasteiger partial charge in [-0.3, -0.25) is 4.79 Å². The molecule has 1 saturated heterocycles. The van der Waals surface area contributed by atoms with Crippen LogP contribution in [0.15, 0.2) is 24.3 Å². The molecule has 1 aliphatic heterocycles. The van der Waals surface area contributed by atoms with Gasteiger partial charge < -0.3 is 15.8 Å². The lowest BCUT2D eigenvalue weighted by Gasteiger charge is -2.32. The van der Waals surface area contributed by atoms with E-state index in [0.29, 0.717) is 18.5 Å². The number of alkyl halides is 3. The molecule has 7 heteroatoms. The first-order chi connectivity index (χ1) is 9.38. The topological polar surface area (TPSA) is 64.4 Å². The van der Waals surface area contributed by atoms with Crippen LogP contribution in [0, 0.1) is 5.92 Å². The van der Waals surface area contributed by atoms with Gasteiger partial charge in [-0.1, -0.05) is 18.2 Å². The highest BCUT2D eigenvalue weighted by Gasteiger charge is 2.36. The zero-order valence-electron chi connectivity index (χ0n) is 10.6. The van der Waals surface area contributed by atoms with Crippen LogP contribution in [0.5, 0.6) is 5.75 Å². The second kappa shape index (κ2) is 5.70. The number of halogens is 3. The number of hydrogen-bond donors (Lipinski definition) is 2. The maximum Gasteiger partial charge on any atom is 0.573 e. The molecule has 1 fully saturated rings. The van der Waals surface area contributed by atoms with Crippen LogP contribution >= 0.6 is 0 Å². The number of carbonyl (C=O) groups is 1. The van der Waals surface area contributed by atoms with E-state index in [4.69, 9.17) is 5.73 Å². The third-order valence-corrected chi connectivity index (χ3v) is 3.30. The summed E-state index contributed by atoms with van der Waals surface area (Å²) in [6.07, 6.45) is -3.47. The van der Waals surface area contributed by atoms with Crippen LogP contribution in [0.3, 0.4) is 0 Å². The second-order valence-corrected chi connectivity index (χ2v) is 4.67. The van der Waals surface area contributed by atoms with Gasteiger partial charge in [-0.15, -0.1) is 13.2 Å². The Morgan fingerprint density at radius 1 is 1.35 bits per heavy atom. The highest BCUT2D eigenvalue weighted by molar-refractivity contribution is 5.78. The molecule has 1 amide bonds. The van der Waals surface area contributed by atoms with Gasteiger partial charge in [-0.05, 0) is 25.5 Å². The van der Waals surface area contributed by atoms with Crippen molar-refractivity contribution in [2.45, 2.75) is 25.2 Å². The Bertz CT molecular complexity index is 491. The van der Waals surface area contributed by atoms with Gasteiger partial charge in [0.2, 0.25) is 5.91 Å². The minimum absolute atomic E-state index is 0.299. The smallest absolute Gasteiger partial charge is 0.405 e. The summed E-state index contributed by atoms with van der Waals surface area (Å²) < 4.78 is 41.3. The Morgan fingerprint density at radius 2 is 2.05 bits per heavy atom. The molecule has 0 spiro atoms. The summed E-state index contributed by atoms with van der Waals surface area (Å²) in [5.41, 5.74) is 5.63. The van der Waals surface area contributed by atoms with E-state index in [1.54, 1.807) is 6.07 Å². The van der Waals surface area contributed by atoms with Gasteiger partial charge in [0.15, 0.2) is 0 Å². The van der Waals surface area contributed by atoms with Gasteiger partial charge in [0.1, 0.15) is 5.75 Å². The number of carbonyl (C=O) groups excluding carboxylic acids is 1. The Kier molecular flexibility index (Phi) is 4.17. The molecular weight excluding hydrogens is 273 g/mol. The normalized spacial score (nSPS) is 23.4. The fourth-order valence-corrected chi connectivity index (χ4v) is 2.48. The molecule has 20 heavy (non-hydrogen) atoms. The summed E-state index contributed by atoms with van der Waals surface area (Å²) in [6.45, 7) is 0.620. The largest absolute Gasteiger partial charge is 0.573 e. The van der Waals surface area contributed by atoms with Crippen LogP contribution in [0.25, 0.3) is 0 Å². The molecule has 1 aromatic carbocycles. The van der Waals surface area contributed by atoms with Gasteiger partial charge in [0, 0.05) is 11.6 Å². The van der Waals surface area contributed by atoms with Crippen LogP contribution in [-0.2, 0) is 4.79 Å². The number of benzene rings is 1. The zero-order valence-corrected chi connectivity index (χ0v) is 10.6. The maximum atomic E-state index is 12.4. The number of nitrogens with two attached hydrogens (primary N) is 1. The predicted octanol–water partition coefficient (Wildman–Crippen LogP) is 2.11. The molecule has 4 nitrogen and oxygen atoms in total. The van der Waals surface area contributed by atoms with Gasteiger partial charge in [-0.2, -0.15) is 0 Å². The van der Waals surface area contributed by atoms with Crippen molar-refractivity contribution in [3.63, 3.8) is 0 Å². The van der Waals surface area contributed by atoms with Gasteiger partial charge in [-0.25, -0.2) is 0 Å². The van der Waals surface area contributed by atoms with Crippen LogP contribution in [0.2, 0.25) is 0 Å². The van der Waals surface area contributed by atoms with E-state index in [0.717, 1.165) is 6.42 Å². The number of primary amides is 1. The van der Waals surface area contributed by atoms with Crippen molar-refractivity contribution in [3.8, 4) is 5.75 Å². The van der Waals surface area contributed by atoms with Crippen molar-refractivity contribution in [2.75, 3.05) is 6.54 Å². The van der Waals surface area contributed by atoms with E-state index in [-0.39, 0.29) is 5.75 Å². The van der Waals surface area contributed by atoms with Gasteiger partial charge in [0.25, 0.3) is 0 Å². The molecular formula is C13H15F3N2O2. The van der Waals surface area contributed by atoms with Crippen molar-refractivity contribution in [2.24, 2.45) is 11.7 Å². The molecule has 2 rings (SSSR count). The number of nitrogens with one attached hydrogen (secondary N) is 1. The average molecular weight is 288 g/mol. The average Bonchev–Trinajstić information content (AvgIpc) is 2.37. The summed E-state index contributed by atoms with van der Waals surface area (Å²) in [7, 11) is 0. The molecule has 110 valence electrons. The molecule has 0 aromatic heterocycles. The first-order valence-corrected chi connectivity index (χ1v) is 6.26. The molecule has 0 aliphatic carbocycles. The van der Waals surface area contributed by atoms with Gasteiger partial charge in [0.05, 0.1) is 5.92 Å². The third kappa shape index (κ3) is 3.41. The van der Waals surface area contributed by atoms with E-state index in [2.05, 4.69) is 10.1 Å². The maximum absolute atomic E-state index is 12.4. The highest BCUT2D eigenvalue weighted by Crippen LogP contribution is 2.36. The number of amides is 1. The van der Waals surface area contributed by atoms with Crippen molar-refractivity contribution in [1.82, 2.24) is 5.32 Å². The standard InChI is InChI=1S/C13H15F3N2O2/c14-13(15,16)20-10-6-2-1-4-8(10)11-9(12(17)19)5-3-7-18-11/h1-2,4,6,9,11,18H,3,5,7H2,(H2,17,19). The number of para-hydroxylation sites is 1. The van der Waals surface area contributed by atoms with Crippen LogP contribution < -0.4 is 15.8 Å². The fraction of sp³-hybridized carbons (Fsp3) is 0.462. The number of piperidine rings is 1. The Balaban J connectivity index is 2.33. The van der Waals surface area contributed by atoms with E-state index < -0.39 is 24.2 Å². The monoisotopic (exact) mass is 288 g/mol. The minimum Gasteiger partial charge on any atom is -0.405 e. The summed E-state index contributed by atoms with van der Waals surface area (Å²) in [6, 6.07) is 5.25. The zero-order chi connectivity index (χ0) is 14.8. The summed E-state index contributed by atoms with van der Waals surface area (Å²) in [4.78, 5) is 11.5. The molecule has 1 aliphatic rings. The quantitative estimate of drug-likeness (QED) is 0.895. The van der Waals surface area contributed by atoms with Crippen LogP contribution in [-0.4, -0.2) is 18.8 Å². The van der Waals surface area contributed by atoms with E-state index >= 15 is 0 Å². The highest BCUT2D eigenvalue weighted by atomic mass is 19.4. The first kappa shape index (κ1) is 14.6. The summed E-state index contributed by atoms with van der Waals surface area (Å²) in [5.74, 6) is -1.36.